The third-order valence-electron chi connectivity index (χ3n) is 2.52. The van der Waals surface area contributed by atoms with Gasteiger partial charge in [0.05, 0.1) is 19.3 Å². The van der Waals surface area contributed by atoms with Crippen LogP contribution in [0, 0.1) is 0 Å². The molecule has 1 unspecified atom stereocenters. The molecule has 1 aromatic carbocycles. The lowest BCUT2D eigenvalue weighted by Gasteiger charge is -2.15. The maximum atomic E-state index is 12.4. The molecule has 94 valence electrons. The Morgan fingerprint density at radius 1 is 1.18 bits per heavy atom. The van der Waals surface area contributed by atoms with Crippen LogP contribution in [0.1, 0.15) is 13.3 Å². The highest BCUT2D eigenvalue weighted by Crippen LogP contribution is 2.32. The molecule has 5 heteroatoms. The Hall–Kier alpha value is -1.52. The van der Waals surface area contributed by atoms with Gasteiger partial charge in [0.2, 0.25) is 0 Å². The summed E-state index contributed by atoms with van der Waals surface area (Å²) in [6.07, 6.45) is -1.57. The molecular formula is C12H15F2NO2. The van der Waals surface area contributed by atoms with Crippen molar-refractivity contribution in [2.75, 3.05) is 18.5 Å². The minimum Gasteiger partial charge on any atom is -0.490 e. The first kappa shape index (κ1) is 12.0. The molecule has 0 amide bonds. The van der Waals surface area contributed by atoms with Crippen molar-refractivity contribution in [2.45, 2.75) is 25.8 Å². The molecule has 1 N–H and O–H groups in total. The Labute approximate surface area is 98.7 Å². The molecule has 0 aliphatic carbocycles. The van der Waals surface area contributed by atoms with E-state index in [0.29, 0.717) is 30.4 Å². The summed E-state index contributed by atoms with van der Waals surface area (Å²) in [4.78, 5) is 0. The molecule has 1 aliphatic heterocycles. The predicted molar refractivity (Wildman–Crippen MR) is 61.1 cm³/mol. The third-order valence-corrected chi connectivity index (χ3v) is 2.52. The van der Waals surface area contributed by atoms with Crippen molar-refractivity contribution in [1.29, 1.82) is 0 Å². The van der Waals surface area contributed by atoms with Gasteiger partial charge in [-0.25, -0.2) is 8.78 Å². The van der Waals surface area contributed by atoms with Gasteiger partial charge in [-0.05, 0) is 19.1 Å². The van der Waals surface area contributed by atoms with Gasteiger partial charge in [0.1, 0.15) is 0 Å². The smallest absolute Gasteiger partial charge is 0.258 e. The number of rotatable bonds is 3. The van der Waals surface area contributed by atoms with E-state index in [-0.39, 0.29) is 0 Å². The van der Waals surface area contributed by atoms with Crippen LogP contribution in [-0.4, -0.2) is 25.7 Å². The van der Waals surface area contributed by atoms with E-state index in [1.54, 1.807) is 18.2 Å². The fraction of sp³-hybridized carbons (Fsp3) is 0.500. The summed E-state index contributed by atoms with van der Waals surface area (Å²) < 4.78 is 35.7. The Morgan fingerprint density at radius 2 is 1.88 bits per heavy atom. The van der Waals surface area contributed by atoms with Crippen molar-refractivity contribution in [3.8, 4) is 11.5 Å². The number of hydrogen-bond donors (Lipinski definition) is 1. The average Bonchev–Trinajstić information content (AvgIpc) is 2.53. The van der Waals surface area contributed by atoms with Gasteiger partial charge < -0.3 is 14.8 Å². The van der Waals surface area contributed by atoms with Crippen LogP contribution in [-0.2, 0) is 0 Å². The van der Waals surface area contributed by atoms with Crippen LogP contribution in [0.25, 0.3) is 0 Å². The highest BCUT2D eigenvalue weighted by atomic mass is 19.3. The number of halogens is 2. The van der Waals surface area contributed by atoms with Gasteiger partial charge in [-0.1, -0.05) is 0 Å². The number of fused-ring (bicyclic) bond motifs is 1. The molecule has 0 saturated heterocycles. The quantitative estimate of drug-likeness (QED) is 0.885. The van der Waals surface area contributed by atoms with Crippen LogP contribution < -0.4 is 14.8 Å². The number of alkyl halides is 2. The largest absolute Gasteiger partial charge is 0.490 e. The Bertz CT molecular complexity index is 385. The second-order valence-electron chi connectivity index (χ2n) is 3.98. The molecule has 1 atom stereocenters. The van der Waals surface area contributed by atoms with E-state index in [9.17, 15) is 8.78 Å². The number of anilines is 1. The summed E-state index contributed by atoms with van der Waals surface area (Å²) in [6, 6.07) is 4.26. The first-order valence-electron chi connectivity index (χ1n) is 5.61. The molecule has 1 aliphatic rings. The van der Waals surface area contributed by atoms with Crippen molar-refractivity contribution in [3.63, 3.8) is 0 Å². The van der Waals surface area contributed by atoms with Gasteiger partial charge >= 0.3 is 0 Å². The zero-order valence-electron chi connectivity index (χ0n) is 9.58. The first-order chi connectivity index (χ1) is 8.16. The molecule has 2 rings (SSSR count). The number of nitrogens with one attached hydrogen (secondary N) is 1. The molecular weight excluding hydrogens is 228 g/mol. The van der Waals surface area contributed by atoms with Crippen LogP contribution >= 0.6 is 0 Å². The van der Waals surface area contributed by atoms with E-state index in [1.807, 2.05) is 0 Å². The molecule has 0 aromatic heterocycles. The standard InChI is InChI=1S/C12H15F2NO2/c1-8(12(13)14)15-9-3-4-10-11(7-9)17-6-2-5-16-10/h3-4,7-8,12,15H,2,5-6H2,1H3. The second-order valence-corrected chi connectivity index (χ2v) is 3.98. The summed E-state index contributed by atoms with van der Waals surface area (Å²) in [5, 5.41) is 2.73. The molecule has 17 heavy (non-hydrogen) atoms. The van der Waals surface area contributed by atoms with Gasteiger partial charge in [0.15, 0.2) is 11.5 Å². The predicted octanol–water partition coefficient (Wildman–Crippen LogP) is 2.91. The van der Waals surface area contributed by atoms with Crippen LogP contribution in [0.2, 0.25) is 0 Å². The number of hydrogen-bond acceptors (Lipinski definition) is 3. The van der Waals surface area contributed by atoms with E-state index in [0.717, 1.165) is 6.42 Å². The minimum absolute atomic E-state index is 0.584. The molecule has 0 radical (unpaired) electrons. The van der Waals surface area contributed by atoms with E-state index >= 15 is 0 Å². The lowest BCUT2D eigenvalue weighted by molar-refractivity contribution is 0.130. The lowest BCUT2D eigenvalue weighted by atomic mass is 10.2. The van der Waals surface area contributed by atoms with Crippen molar-refractivity contribution in [3.05, 3.63) is 18.2 Å². The number of ether oxygens (including phenoxy) is 2. The molecule has 0 bridgehead atoms. The third kappa shape index (κ3) is 2.99. The summed E-state index contributed by atoms with van der Waals surface area (Å²) in [5.41, 5.74) is 0.613. The first-order valence-corrected chi connectivity index (χ1v) is 5.61. The van der Waals surface area contributed by atoms with Gasteiger partial charge in [-0.2, -0.15) is 0 Å². The summed E-state index contributed by atoms with van der Waals surface area (Å²) in [7, 11) is 0. The molecule has 0 saturated carbocycles. The highest BCUT2D eigenvalue weighted by molar-refractivity contribution is 5.55. The normalized spacial score (nSPS) is 16.5. The van der Waals surface area contributed by atoms with Gasteiger partial charge in [-0.3, -0.25) is 0 Å². The van der Waals surface area contributed by atoms with Gasteiger partial charge in [0, 0.05) is 18.2 Å². The van der Waals surface area contributed by atoms with Crippen LogP contribution in [0.3, 0.4) is 0 Å². The highest BCUT2D eigenvalue weighted by Gasteiger charge is 2.16. The molecule has 1 aromatic rings. The Morgan fingerprint density at radius 3 is 2.59 bits per heavy atom. The monoisotopic (exact) mass is 243 g/mol. The molecule has 3 nitrogen and oxygen atoms in total. The molecule has 0 spiro atoms. The van der Waals surface area contributed by atoms with E-state index in [4.69, 9.17) is 9.47 Å². The minimum atomic E-state index is -2.40. The molecule has 1 heterocycles. The zero-order valence-corrected chi connectivity index (χ0v) is 9.58. The Kier molecular flexibility index (Phi) is 3.66. The fourth-order valence-corrected chi connectivity index (χ4v) is 1.58. The van der Waals surface area contributed by atoms with E-state index in [1.165, 1.54) is 6.92 Å². The van der Waals surface area contributed by atoms with Crippen molar-refractivity contribution in [2.24, 2.45) is 0 Å². The van der Waals surface area contributed by atoms with Crippen molar-refractivity contribution in [1.82, 2.24) is 0 Å². The summed E-state index contributed by atoms with van der Waals surface area (Å²) in [6.45, 7) is 2.64. The second kappa shape index (κ2) is 5.21. The van der Waals surface area contributed by atoms with Gasteiger partial charge in [0.25, 0.3) is 6.43 Å². The van der Waals surface area contributed by atoms with Crippen LogP contribution in [0.15, 0.2) is 18.2 Å². The number of benzene rings is 1. The topological polar surface area (TPSA) is 30.5 Å². The zero-order chi connectivity index (χ0) is 12.3. The van der Waals surface area contributed by atoms with Crippen molar-refractivity contribution >= 4 is 5.69 Å². The fourth-order valence-electron chi connectivity index (χ4n) is 1.58. The maximum Gasteiger partial charge on any atom is 0.258 e. The average molecular weight is 243 g/mol. The SMILES string of the molecule is CC(Nc1ccc2c(c1)OCCCO2)C(F)F. The van der Waals surface area contributed by atoms with E-state index in [2.05, 4.69) is 5.32 Å². The Balaban J connectivity index is 2.12. The van der Waals surface area contributed by atoms with E-state index < -0.39 is 12.5 Å². The van der Waals surface area contributed by atoms with Gasteiger partial charge in [-0.15, -0.1) is 0 Å². The van der Waals surface area contributed by atoms with Crippen LogP contribution in [0.4, 0.5) is 14.5 Å². The van der Waals surface area contributed by atoms with Crippen molar-refractivity contribution < 1.29 is 18.3 Å². The maximum absolute atomic E-state index is 12.4. The summed E-state index contributed by atoms with van der Waals surface area (Å²) >= 11 is 0. The lowest BCUT2D eigenvalue weighted by Crippen LogP contribution is -2.23. The molecule has 0 fully saturated rings. The summed E-state index contributed by atoms with van der Waals surface area (Å²) in [5.74, 6) is 1.27. The van der Waals surface area contributed by atoms with Crippen LogP contribution in [0.5, 0.6) is 11.5 Å².